The molecule has 2 N–H and O–H groups in total. The first-order valence-corrected chi connectivity index (χ1v) is 16.4. The van der Waals surface area contributed by atoms with Gasteiger partial charge in [-0.2, -0.15) is 0 Å². The highest BCUT2D eigenvalue weighted by atomic mass is 15.4. The Balaban J connectivity index is 0.842. The van der Waals surface area contributed by atoms with Gasteiger partial charge in [0.1, 0.15) is 11.7 Å². The molecular weight excluding hydrogens is 572 g/mol. The SMILES string of the molecule is c1cc2c(cc1CC1=NCCN1C1=NCCN1)CC(c1ccc(C3=Nc4ccc(CC5=NCCN5C5=NCCN5)cc4C3)cc1)=N2. The van der Waals surface area contributed by atoms with Gasteiger partial charge in [0.05, 0.1) is 49.0 Å². The summed E-state index contributed by atoms with van der Waals surface area (Å²) < 4.78 is 0. The van der Waals surface area contributed by atoms with Crippen molar-refractivity contribution in [3.8, 4) is 0 Å². The number of amidine groups is 2. The van der Waals surface area contributed by atoms with Gasteiger partial charge < -0.3 is 10.6 Å². The van der Waals surface area contributed by atoms with Gasteiger partial charge in [-0.3, -0.25) is 39.8 Å². The molecule has 10 nitrogen and oxygen atoms in total. The lowest BCUT2D eigenvalue weighted by Gasteiger charge is -2.20. The van der Waals surface area contributed by atoms with E-state index in [0.717, 1.165) is 124 Å². The molecule has 0 aromatic heterocycles. The van der Waals surface area contributed by atoms with E-state index in [0.29, 0.717) is 0 Å². The average Bonchev–Trinajstić information content (AvgIpc) is 3.92. The summed E-state index contributed by atoms with van der Waals surface area (Å²) >= 11 is 0. The van der Waals surface area contributed by atoms with Gasteiger partial charge in [0.15, 0.2) is 11.9 Å². The number of hydrogen-bond acceptors (Lipinski definition) is 10. The third-order valence-corrected chi connectivity index (χ3v) is 9.47. The molecule has 3 aromatic rings. The summed E-state index contributed by atoms with van der Waals surface area (Å²) in [5, 5.41) is 6.78. The minimum atomic E-state index is 0.810. The van der Waals surface area contributed by atoms with Crippen LogP contribution in [0.15, 0.2) is 90.6 Å². The van der Waals surface area contributed by atoms with Crippen LogP contribution in [-0.4, -0.2) is 97.2 Å². The molecule has 0 atom stereocenters. The minimum Gasteiger partial charge on any atom is -0.354 e. The molecule has 0 unspecified atom stereocenters. The van der Waals surface area contributed by atoms with E-state index in [9.17, 15) is 0 Å². The number of hydrogen-bond donors (Lipinski definition) is 2. The number of guanidine groups is 2. The van der Waals surface area contributed by atoms with Crippen LogP contribution in [0.2, 0.25) is 0 Å². The van der Waals surface area contributed by atoms with Crippen LogP contribution in [0.4, 0.5) is 11.4 Å². The van der Waals surface area contributed by atoms with Gasteiger partial charge in [-0.15, -0.1) is 0 Å². The summed E-state index contributed by atoms with van der Waals surface area (Å²) in [6.45, 7) is 6.96. The maximum absolute atomic E-state index is 5.01. The van der Waals surface area contributed by atoms with Crippen molar-refractivity contribution in [3.05, 3.63) is 94.0 Å². The smallest absolute Gasteiger partial charge is 0.199 e. The highest BCUT2D eigenvalue weighted by molar-refractivity contribution is 6.10. The van der Waals surface area contributed by atoms with E-state index in [1.807, 2.05) is 0 Å². The second-order valence-electron chi connectivity index (χ2n) is 12.5. The van der Waals surface area contributed by atoms with Crippen molar-refractivity contribution in [1.82, 2.24) is 20.4 Å². The van der Waals surface area contributed by atoms with E-state index in [-0.39, 0.29) is 0 Å². The van der Waals surface area contributed by atoms with Gasteiger partial charge >= 0.3 is 0 Å². The maximum atomic E-state index is 5.01. The zero-order chi connectivity index (χ0) is 30.5. The van der Waals surface area contributed by atoms with E-state index in [2.05, 4.69) is 91.1 Å². The van der Waals surface area contributed by atoms with Crippen molar-refractivity contribution in [3.63, 3.8) is 0 Å². The molecule has 0 radical (unpaired) electrons. The van der Waals surface area contributed by atoms with E-state index < -0.39 is 0 Å². The molecule has 10 heteroatoms. The van der Waals surface area contributed by atoms with Crippen molar-refractivity contribution in [2.45, 2.75) is 25.7 Å². The number of benzene rings is 3. The monoisotopic (exact) mass is 608 g/mol. The Kier molecular flexibility index (Phi) is 6.71. The van der Waals surface area contributed by atoms with Crippen molar-refractivity contribution in [2.75, 3.05) is 52.4 Å². The fourth-order valence-electron chi connectivity index (χ4n) is 7.16. The van der Waals surface area contributed by atoms with Crippen molar-refractivity contribution < 1.29 is 0 Å². The molecule has 6 heterocycles. The van der Waals surface area contributed by atoms with Crippen molar-refractivity contribution in [2.24, 2.45) is 30.0 Å². The molecule has 6 aliphatic heterocycles. The Hall–Kier alpha value is -5.12. The first kappa shape index (κ1) is 27.2. The van der Waals surface area contributed by atoms with Crippen LogP contribution in [0.5, 0.6) is 0 Å². The molecule has 3 aromatic carbocycles. The Morgan fingerprint density at radius 1 is 0.543 bits per heavy atom. The van der Waals surface area contributed by atoms with E-state index in [4.69, 9.17) is 20.0 Å². The first-order chi connectivity index (χ1) is 22.7. The van der Waals surface area contributed by atoms with Gasteiger partial charge in [-0.05, 0) is 45.5 Å². The number of aliphatic imine (C=N–C) groups is 6. The number of rotatable bonds is 6. The lowest BCUT2D eigenvalue weighted by molar-refractivity contribution is 0.635. The standard InChI is InChI=1S/C36H36N10/c1-7-29-27(17-23(1)19-33-37-13-15-45(33)35-39-9-10-40-35)21-31(43-29)25-3-5-26(6-4-25)32-22-28-18-24(2-8-30(28)44-32)20-34-38-14-16-46(34)36-41-11-12-42-36/h1-8,17-18H,9-16,19-22H2,(H,39,40)(H,41,42). The topological polar surface area (TPSA) is 105 Å². The molecule has 230 valence electrons. The fraction of sp³-hybridized carbons (Fsp3) is 0.333. The zero-order valence-corrected chi connectivity index (χ0v) is 25.8. The Bertz CT molecular complexity index is 1770. The second-order valence-corrected chi connectivity index (χ2v) is 12.5. The van der Waals surface area contributed by atoms with Crippen LogP contribution in [0.3, 0.4) is 0 Å². The third kappa shape index (κ3) is 5.07. The van der Waals surface area contributed by atoms with Crippen molar-refractivity contribution in [1.29, 1.82) is 0 Å². The molecule has 0 bridgehead atoms. The molecule has 0 saturated heterocycles. The zero-order valence-electron chi connectivity index (χ0n) is 25.8. The first-order valence-electron chi connectivity index (χ1n) is 16.4. The van der Waals surface area contributed by atoms with Crippen LogP contribution in [0, 0.1) is 0 Å². The summed E-state index contributed by atoms with van der Waals surface area (Å²) in [7, 11) is 0. The van der Waals surface area contributed by atoms with Crippen LogP contribution in [0.25, 0.3) is 0 Å². The molecule has 0 aliphatic carbocycles. The minimum absolute atomic E-state index is 0.810. The quantitative estimate of drug-likeness (QED) is 0.447. The second kappa shape index (κ2) is 11.3. The predicted molar refractivity (Wildman–Crippen MR) is 185 cm³/mol. The van der Waals surface area contributed by atoms with E-state index >= 15 is 0 Å². The lowest BCUT2D eigenvalue weighted by atomic mass is 9.98. The molecule has 6 aliphatic rings. The summed E-state index contributed by atoms with van der Waals surface area (Å²) in [5.74, 6) is 4.13. The van der Waals surface area contributed by atoms with Gasteiger partial charge in [0.25, 0.3) is 0 Å². The summed E-state index contributed by atoms with van der Waals surface area (Å²) in [5.41, 5.74) is 11.8. The Labute approximate surface area is 268 Å². The Morgan fingerprint density at radius 2 is 1.02 bits per heavy atom. The molecule has 9 rings (SSSR count). The molecule has 0 fully saturated rings. The maximum Gasteiger partial charge on any atom is 0.199 e. The molecule has 0 amide bonds. The molecule has 0 spiro atoms. The summed E-state index contributed by atoms with van der Waals surface area (Å²) in [6, 6.07) is 22.1. The van der Waals surface area contributed by atoms with Gasteiger partial charge in [-0.25, -0.2) is 0 Å². The number of nitrogens with one attached hydrogen (secondary N) is 2. The van der Waals surface area contributed by atoms with E-state index in [1.54, 1.807) is 0 Å². The Morgan fingerprint density at radius 3 is 1.46 bits per heavy atom. The summed E-state index contributed by atoms with van der Waals surface area (Å²) in [4.78, 5) is 33.2. The molecular formula is C36H36N10. The van der Waals surface area contributed by atoms with Crippen LogP contribution >= 0.6 is 0 Å². The number of nitrogens with zero attached hydrogens (tertiary/aromatic N) is 8. The van der Waals surface area contributed by atoms with Crippen LogP contribution in [-0.2, 0) is 25.7 Å². The summed E-state index contributed by atoms with van der Waals surface area (Å²) in [6.07, 6.45) is 3.30. The van der Waals surface area contributed by atoms with Gasteiger partial charge in [-0.1, -0.05) is 48.5 Å². The third-order valence-electron chi connectivity index (χ3n) is 9.47. The average molecular weight is 609 g/mol. The number of fused-ring (bicyclic) bond motifs is 2. The normalized spacial score (nSPS) is 19.7. The van der Waals surface area contributed by atoms with E-state index in [1.165, 1.54) is 33.4 Å². The van der Waals surface area contributed by atoms with Crippen LogP contribution in [0.1, 0.15) is 33.4 Å². The highest BCUT2D eigenvalue weighted by Crippen LogP contribution is 2.32. The van der Waals surface area contributed by atoms with Crippen LogP contribution < -0.4 is 10.6 Å². The van der Waals surface area contributed by atoms with Gasteiger partial charge in [0, 0.05) is 51.9 Å². The molecule has 0 saturated carbocycles. The van der Waals surface area contributed by atoms with Gasteiger partial charge in [0.2, 0.25) is 0 Å². The van der Waals surface area contributed by atoms with Crippen molar-refractivity contribution >= 4 is 46.4 Å². The molecule has 46 heavy (non-hydrogen) atoms. The largest absolute Gasteiger partial charge is 0.354 e. The fourth-order valence-corrected chi connectivity index (χ4v) is 7.16. The highest BCUT2D eigenvalue weighted by Gasteiger charge is 2.26. The predicted octanol–water partition coefficient (Wildman–Crippen LogP) is 3.47. The lowest BCUT2D eigenvalue weighted by Crippen LogP contribution is -2.41.